The summed E-state index contributed by atoms with van der Waals surface area (Å²) in [6, 6.07) is 15.1. The van der Waals surface area contributed by atoms with Gasteiger partial charge in [-0.15, -0.1) is 0 Å². The lowest BCUT2D eigenvalue weighted by molar-refractivity contribution is 0.0955. The first-order valence-electron chi connectivity index (χ1n) is 7.78. The number of rotatable bonds is 5. The summed E-state index contributed by atoms with van der Waals surface area (Å²) in [7, 11) is 1.57. The molecule has 0 fully saturated rings. The summed E-state index contributed by atoms with van der Waals surface area (Å²) in [5.41, 5.74) is 5.18. The number of aryl methyl sites for hydroxylation is 1. The van der Waals surface area contributed by atoms with Gasteiger partial charge in [-0.3, -0.25) is 4.79 Å². The van der Waals surface area contributed by atoms with Gasteiger partial charge in [0.25, 0.3) is 5.91 Å². The number of benzene rings is 2. The molecule has 0 atom stereocenters. The first-order valence-corrected chi connectivity index (χ1v) is 7.78. The minimum absolute atomic E-state index is 0.274. The number of aromatic nitrogens is 1. The number of carbonyl (C=O) groups excluding carboxylic acids is 1. The fraction of sp³-hybridized carbons (Fsp3) is 0.158. The van der Waals surface area contributed by atoms with Crippen LogP contribution in [0.25, 0.3) is 10.9 Å². The molecule has 0 saturated carbocycles. The molecule has 0 spiro atoms. The van der Waals surface area contributed by atoms with Crippen LogP contribution < -0.4 is 10.2 Å². The molecule has 1 N–H and O–H groups in total. The Bertz CT molecular complexity index is 897. The quantitative estimate of drug-likeness (QED) is 0.578. The van der Waals surface area contributed by atoms with Gasteiger partial charge in [0.2, 0.25) is 0 Å². The van der Waals surface area contributed by atoms with Crippen LogP contribution in [-0.4, -0.2) is 23.8 Å². The van der Waals surface area contributed by atoms with Crippen molar-refractivity contribution in [2.45, 2.75) is 13.5 Å². The van der Waals surface area contributed by atoms with Gasteiger partial charge in [0.05, 0.1) is 13.3 Å². The van der Waals surface area contributed by atoms with Crippen LogP contribution in [-0.2, 0) is 6.54 Å². The molecule has 122 valence electrons. The molecule has 0 aliphatic rings. The van der Waals surface area contributed by atoms with Gasteiger partial charge in [-0.2, -0.15) is 5.10 Å². The van der Waals surface area contributed by atoms with E-state index in [4.69, 9.17) is 4.74 Å². The fourth-order valence-corrected chi connectivity index (χ4v) is 2.63. The fourth-order valence-electron chi connectivity index (χ4n) is 2.63. The smallest absolute Gasteiger partial charge is 0.271 e. The molecule has 0 aliphatic carbocycles. The summed E-state index contributed by atoms with van der Waals surface area (Å²) in [6.07, 6.45) is 3.71. The Morgan fingerprint density at radius 1 is 1.25 bits per heavy atom. The zero-order chi connectivity index (χ0) is 16.9. The predicted octanol–water partition coefficient (Wildman–Crippen LogP) is 3.43. The van der Waals surface area contributed by atoms with Crippen LogP contribution in [0, 0.1) is 0 Å². The maximum absolute atomic E-state index is 12.1. The third kappa shape index (κ3) is 3.15. The molecule has 1 heterocycles. The van der Waals surface area contributed by atoms with Gasteiger partial charge < -0.3 is 9.30 Å². The van der Waals surface area contributed by atoms with Crippen molar-refractivity contribution >= 4 is 23.0 Å². The van der Waals surface area contributed by atoms with Crippen LogP contribution in [0.4, 0.5) is 0 Å². The maximum atomic E-state index is 12.1. The first-order chi connectivity index (χ1) is 11.7. The standard InChI is InChI=1S/C19H19N3O2/c1-3-22-13-15(17-9-4-5-10-18(17)22)12-20-21-19(23)14-7-6-8-16(11-14)24-2/h4-13H,3H2,1-2H3,(H,21,23)/b20-12-. The lowest BCUT2D eigenvalue weighted by Crippen LogP contribution is -2.17. The van der Waals surface area contributed by atoms with Gasteiger partial charge in [-0.25, -0.2) is 5.43 Å². The van der Waals surface area contributed by atoms with Crippen molar-refractivity contribution < 1.29 is 9.53 Å². The molecular formula is C19H19N3O2. The first kappa shape index (κ1) is 15.8. The number of amides is 1. The van der Waals surface area contributed by atoms with Crippen molar-refractivity contribution in [2.75, 3.05) is 7.11 Å². The van der Waals surface area contributed by atoms with Gasteiger partial charge in [0.1, 0.15) is 5.75 Å². The van der Waals surface area contributed by atoms with E-state index in [9.17, 15) is 4.79 Å². The lowest BCUT2D eigenvalue weighted by Gasteiger charge is -2.02. The van der Waals surface area contributed by atoms with Gasteiger partial charge in [-0.05, 0) is 31.2 Å². The second-order valence-corrected chi connectivity index (χ2v) is 5.32. The van der Waals surface area contributed by atoms with Crippen LogP contribution in [0.1, 0.15) is 22.8 Å². The summed E-state index contributed by atoms with van der Waals surface area (Å²) in [5.74, 6) is 0.363. The van der Waals surface area contributed by atoms with E-state index >= 15 is 0 Å². The zero-order valence-corrected chi connectivity index (χ0v) is 13.7. The number of fused-ring (bicyclic) bond motifs is 1. The molecule has 3 rings (SSSR count). The van der Waals surface area contributed by atoms with Gasteiger partial charge in [-0.1, -0.05) is 24.3 Å². The lowest BCUT2D eigenvalue weighted by atomic mass is 10.2. The van der Waals surface area contributed by atoms with Gasteiger partial charge in [0.15, 0.2) is 0 Å². The van der Waals surface area contributed by atoms with Crippen molar-refractivity contribution in [3.63, 3.8) is 0 Å². The molecule has 5 nitrogen and oxygen atoms in total. The Labute approximate surface area is 140 Å². The number of methoxy groups -OCH3 is 1. The second-order valence-electron chi connectivity index (χ2n) is 5.32. The molecule has 0 saturated heterocycles. The van der Waals surface area contributed by atoms with Crippen LogP contribution in [0.5, 0.6) is 5.75 Å². The highest BCUT2D eigenvalue weighted by Gasteiger charge is 2.07. The number of carbonyl (C=O) groups is 1. The molecule has 2 aromatic carbocycles. The summed E-state index contributed by atoms with van der Waals surface area (Å²) < 4.78 is 7.27. The Kier molecular flexibility index (Phi) is 4.61. The van der Waals surface area contributed by atoms with Crippen LogP contribution in [0.3, 0.4) is 0 Å². The summed E-state index contributed by atoms with van der Waals surface area (Å²) in [6.45, 7) is 2.97. The average Bonchev–Trinajstić information content (AvgIpc) is 3.00. The predicted molar refractivity (Wildman–Crippen MR) is 95.7 cm³/mol. The molecule has 24 heavy (non-hydrogen) atoms. The monoisotopic (exact) mass is 321 g/mol. The van der Waals surface area contributed by atoms with Crippen LogP contribution in [0.15, 0.2) is 59.8 Å². The van der Waals surface area contributed by atoms with E-state index in [1.54, 1.807) is 37.6 Å². The van der Waals surface area contributed by atoms with Crippen molar-refractivity contribution in [1.29, 1.82) is 0 Å². The second kappa shape index (κ2) is 7.00. The Hall–Kier alpha value is -3.08. The Balaban J connectivity index is 1.78. The number of para-hydroxylation sites is 1. The molecule has 1 amide bonds. The number of nitrogens with zero attached hydrogens (tertiary/aromatic N) is 2. The minimum Gasteiger partial charge on any atom is -0.497 e. The van der Waals surface area contributed by atoms with Crippen molar-refractivity contribution in [3.05, 3.63) is 65.9 Å². The molecule has 0 radical (unpaired) electrons. The third-order valence-corrected chi connectivity index (χ3v) is 3.86. The minimum atomic E-state index is -0.274. The van der Waals surface area contributed by atoms with Crippen LogP contribution >= 0.6 is 0 Å². The van der Waals surface area contributed by atoms with E-state index in [-0.39, 0.29) is 5.91 Å². The van der Waals surface area contributed by atoms with Crippen LogP contribution in [0.2, 0.25) is 0 Å². The van der Waals surface area contributed by atoms with Gasteiger partial charge >= 0.3 is 0 Å². The highest BCUT2D eigenvalue weighted by Crippen LogP contribution is 2.19. The van der Waals surface area contributed by atoms with Gasteiger partial charge in [0, 0.05) is 34.8 Å². The topological polar surface area (TPSA) is 55.6 Å². The zero-order valence-electron chi connectivity index (χ0n) is 13.7. The third-order valence-electron chi connectivity index (χ3n) is 3.86. The molecule has 5 heteroatoms. The largest absolute Gasteiger partial charge is 0.497 e. The molecule has 0 unspecified atom stereocenters. The van der Waals surface area contributed by atoms with E-state index < -0.39 is 0 Å². The number of hydrazone groups is 1. The van der Waals surface area contributed by atoms with E-state index in [0.717, 1.165) is 23.0 Å². The normalized spacial score (nSPS) is 11.1. The van der Waals surface area contributed by atoms with Crippen molar-refractivity contribution in [1.82, 2.24) is 9.99 Å². The van der Waals surface area contributed by atoms with E-state index in [1.807, 2.05) is 24.4 Å². The summed E-state index contributed by atoms with van der Waals surface area (Å²) in [4.78, 5) is 12.1. The van der Waals surface area contributed by atoms with Crippen molar-refractivity contribution in [3.8, 4) is 5.75 Å². The van der Waals surface area contributed by atoms with E-state index in [0.29, 0.717) is 11.3 Å². The highest BCUT2D eigenvalue weighted by atomic mass is 16.5. The van der Waals surface area contributed by atoms with E-state index in [2.05, 4.69) is 28.1 Å². The highest BCUT2D eigenvalue weighted by molar-refractivity contribution is 6.00. The summed E-state index contributed by atoms with van der Waals surface area (Å²) >= 11 is 0. The summed E-state index contributed by atoms with van der Waals surface area (Å²) in [5, 5.41) is 5.20. The number of hydrogen-bond acceptors (Lipinski definition) is 3. The average molecular weight is 321 g/mol. The molecule has 0 aliphatic heterocycles. The molecular weight excluding hydrogens is 302 g/mol. The number of nitrogens with one attached hydrogen (secondary N) is 1. The maximum Gasteiger partial charge on any atom is 0.271 e. The molecule has 3 aromatic rings. The SMILES string of the molecule is CCn1cc(/C=N\NC(=O)c2cccc(OC)c2)c2ccccc21. The Morgan fingerprint density at radius 2 is 2.08 bits per heavy atom. The van der Waals surface area contributed by atoms with E-state index in [1.165, 1.54) is 0 Å². The number of hydrogen-bond donors (Lipinski definition) is 1. The molecule has 0 bridgehead atoms. The van der Waals surface area contributed by atoms with Crippen molar-refractivity contribution in [2.24, 2.45) is 5.10 Å². The molecule has 1 aromatic heterocycles. The Morgan fingerprint density at radius 3 is 2.88 bits per heavy atom. The number of ether oxygens (including phenoxy) is 1.